The van der Waals surface area contributed by atoms with Crippen LogP contribution in [0.3, 0.4) is 0 Å². The van der Waals surface area contributed by atoms with E-state index in [0.717, 1.165) is 12.1 Å². The van der Waals surface area contributed by atoms with E-state index in [-0.39, 0.29) is 5.91 Å². The molecule has 1 rings (SSSR count). The summed E-state index contributed by atoms with van der Waals surface area (Å²) < 4.78 is 0. The van der Waals surface area contributed by atoms with Gasteiger partial charge in [0.25, 0.3) is 5.91 Å². The van der Waals surface area contributed by atoms with Crippen LogP contribution in [0.5, 0.6) is 0 Å². The Labute approximate surface area is 138 Å². The highest BCUT2D eigenvalue weighted by Crippen LogP contribution is 2.05. The van der Waals surface area contributed by atoms with E-state index in [2.05, 4.69) is 27.5 Å². The fourth-order valence-corrected chi connectivity index (χ4v) is 1.89. The topological polar surface area (TPSA) is 68.8 Å². The molecule has 0 aliphatic rings. The molecule has 3 N–H and O–H groups in total. The average Bonchev–Trinajstić information content (AvgIpc) is 2.55. The van der Waals surface area contributed by atoms with Gasteiger partial charge in [0.05, 0.1) is 0 Å². The number of nitrogens with zero attached hydrogens (tertiary/aromatic N) is 2. The molecule has 0 aliphatic heterocycles. The third kappa shape index (κ3) is 7.46. The minimum Gasteiger partial charge on any atom is -0.353 e. The summed E-state index contributed by atoms with van der Waals surface area (Å²) in [5, 5.41) is 9.21. The van der Waals surface area contributed by atoms with Gasteiger partial charge in [-0.25, -0.2) is 0 Å². The minimum atomic E-state index is -0.0529. The van der Waals surface area contributed by atoms with E-state index >= 15 is 0 Å². The van der Waals surface area contributed by atoms with Gasteiger partial charge in [-0.2, -0.15) is 0 Å². The molecule has 0 fully saturated rings. The zero-order valence-corrected chi connectivity index (χ0v) is 14.2. The first kappa shape index (κ1) is 18.7. The van der Waals surface area contributed by atoms with Gasteiger partial charge >= 0.3 is 0 Å². The quantitative estimate of drug-likeness (QED) is 0.377. The Morgan fingerprint density at radius 3 is 2.74 bits per heavy atom. The van der Waals surface area contributed by atoms with Crippen LogP contribution in [0.15, 0.2) is 41.9 Å². The predicted octanol–water partition coefficient (Wildman–Crippen LogP) is 0.829. The van der Waals surface area contributed by atoms with Crippen LogP contribution in [0, 0.1) is 0 Å². The van der Waals surface area contributed by atoms with E-state index in [1.54, 1.807) is 13.1 Å². The SMILES string of the molecule is C=CCNC(=NC)NCc1cccc(C(=O)NCCN(C)C)c1. The summed E-state index contributed by atoms with van der Waals surface area (Å²) in [6, 6.07) is 7.57. The van der Waals surface area contributed by atoms with Crippen molar-refractivity contribution in [2.75, 3.05) is 40.8 Å². The highest BCUT2D eigenvalue weighted by molar-refractivity contribution is 5.94. The molecule has 1 aromatic rings. The maximum absolute atomic E-state index is 12.1. The van der Waals surface area contributed by atoms with Crippen molar-refractivity contribution in [3.05, 3.63) is 48.0 Å². The molecule has 0 spiro atoms. The minimum absolute atomic E-state index is 0.0529. The number of hydrogen-bond acceptors (Lipinski definition) is 3. The fraction of sp³-hybridized carbons (Fsp3) is 0.412. The van der Waals surface area contributed by atoms with E-state index in [9.17, 15) is 4.79 Å². The van der Waals surface area contributed by atoms with Crippen LogP contribution in [0.2, 0.25) is 0 Å². The summed E-state index contributed by atoms with van der Waals surface area (Å²) in [6.07, 6.45) is 1.77. The maximum Gasteiger partial charge on any atom is 0.251 e. The molecule has 126 valence electrons. The second-order valence-corrected chi connectivity index (χ2v) is 5.35. The van der Waals surface area contributed by atoms with Gasteiger partial charge in [0.1, 0.15) is 0 Å². The molecular weight excluding hydrogens is 290 g/mol. The van der Waals surface area contributed by atoms with Gasteiger partial charge < -0.3 is 20.9 Å². The molecule has 1 amide bonds. The van der Waals surface area contributed by atoms with Crippen LogP contribution < -0.4 is 16.0 Å². The van der Waals surface area contributed by atoms with Crippen LogP contribution in [0.4, 0.5) is 0 Å². The van der Waals surface area contributed by atoms with Crippen LogP contribution in [0.25, 0.3) is 0 Å². The van der Waals surface area contributed by atoms with Crippen LogP contribution >= 0.6 is 0 Å². The fourth-order valence-electron chi connectivity index (χ4n) is 1.89. The zero-order chi connectivity index (χ0) is 17.1. The van der Waals surface area contributed by atoms with E-state index < -0.39 is 0 Å². The highest BCUT2D eigenvalue weighted by Gasteiger charge is 2.06. The Hall–Kier alpha value is -2.34. The molecule has 6 nitrogen and oxygen atoms in total. The predicted molar refractivity (Wildman–Crippen MR) is 95.7 cm³/mol. The average molecular weight is 317 g/mol. The second kappa shape index (κ2) is 10.4. The first-order valence-electron chi connectivity index (χ1n) is 7.64. The third-order valence-electron chi connectivity index (χ3n) is 3.13. The number of likely N-dealkylation sites (N-methyl/N-ethyl adjacent to an activating group) is 1. The molecule has 0 saturated carbocycles. The summed E-state index contributed by atoms with van der Waals surface area (Å²) in [5.74, 6) is 0.647. The van der Waals surface area contributed by atoms with Gasteiger partial charge in [0, 0.05) is 38.8 Å². The molecule has 0 aliphatic carbocycles. The Morgan fingerprint density at radius 2 is 2.09 bits per heavy atom. The molecule has 0 radical (unpaired) electrons. The first-order valence-corrected chi connectivity index (χ1v) is 7.64. The summed E-state index contributed by atoms with van der Waals surface area (Å²) in [7, 11) is 5.67. The molecule has 0 atom stereocenters. The van der Waals surface area contributed by atoms with Crippen molar-refractivity contribution in [3.8, 4) is 0 Å². The Bertz CT molecular complexity index is 540. The number of hydrogen-bond donors (Lipinski definition) is 3. The smallest absolute Gasteiger partial charge is 0.251 e. The Balaban J connectivity index is 2.55. The zero-order valence-electron chi connectivity index (χ0n) is 14.2. The molecule has 6 heteroatoms. The van der Waals surface area contributed by atoms with Crippen molar-refractivity contribution in [1.82, 2.24) is 20.9 Å². The lowest BCUT2D eigenvalue weighted by molar-refractivity contribution is 0.0951. The Kier molecular flexibility index (Phi) is 8.46. The molecule has 0 heterocycles. The third-order valence-corrected chi connectivity index (χ3v) is 3.13. The van der Waals surface area contributed by atoms with Gasteiger partial charge in [0.15, 0.2) is 5.96 Å². The first-order chi connectivity index (χ1) is 11.1. The molecule has 0 bridgehead atoms. The van der Waals surface area contributed by atoms with Crippen molar-refractivity contribution in [2.24, 2.45) is 4.99 Å². The van der Waals surface area contributed by atoms with E-state index in [0.29, 0.717) is 31.2 Å². The van der Waals surface area contributed by atoms with Crippen molar-refractivity contribution >= 4 is 11.9 Å². The van der Waals surface area contributed by atoms with Gasteiger partial charge in [0.2, 0.25) is 0 Å². The van der Waals surface area contributed by atoms with Crippen LogP contribution in [0.1, 0.15) is 15.9 Å². The summed E-state index contributed by atoms with van der Waals surface area (Å²) >= 11 is 0. The van der Waals surface area contributed by atoms with Crippen molar-refractivity contribution in [2.45, 2.75) is 6.54 Å². The number of nitrogens with one attached hydrogen (secondary N) is 3. The lowest BCUT2D eigenvalue weighted by atomic mass is 10.1. The number of guanidine groups is 1. The Morgan fingerprint density at radius 1 is 1.30 bits per heavy atom. The number of carbonyl (C=O) groups excluding carboxylic acids is 1. The van der Waals surface area contributed by atoms with Gasteiger partial charge in [-0.1, -0.05) is 18.2 Å². The van der Waals surface area contributed by atoms with Crippen LogP contribution in [-0.4, -0.2) is 57.5 Å². The molecule has 0 unspecified atom stereocenters. The molecule has 1 aromatic carbocycles. The molecule has 0 saturated heterocycles. The summed E-state index contributed by atoms with van der Waals surface area (Å²) in [5.41, 5.74) is 1.68. The maximum atomic E-state index is 12.1. The lowest BCUT2D eigenvalue weighted by Crippen LogP contribution is -2.36. The van der Waals surface area contributed by atoms with Gasteiger partial charge in [-0.15, -0.1) is 6.58 Å². The largest absolute Gasteiger partial charge is 0.353 e. The molecule has 23 heavy (non-hydrogen) atoms. The molecule has 0 aromatic heterocycles. The normalized spacial score (nSPS) is 11.2. The van der Waals surface area contributed by atoms with Crippen molar-refractivity contribution in [3.63, 3.8) is 0 Å². The summed E-state index contributed by atoms with van der Waals surface area (Å²) in [6.45, 7) is 6.35. The number of amides is 1. The van der Waals surface area contributed by atoms with Crippen molar-refractivity contribution in [1.29, 1.82) is 0 Å². The van der Waals surface area contributed by atoms with E-state index in [1.807, 2.05) is 43.3 Å². The number of benzene rings is 1. The van der Waals surface area contributed by atoms with Crippen LogP contribution in [-0.2, 0) is 6.54 Å². The standard InChI is InChI=1S/C17H27N5O/c1-5-9-20-17(18-2)21-13-14-7-6-8-15(12-14)16(23)19-10-11-22(3)4/h5-8,12H,1,9-11,13H2,2-4H3,(H,19,23)(H2,18,20,21). The highest BCUT2D eigenvalue weighted by atomic mass is 16.1. The number of carbonyl (C=O) groups is 1. The van der Waals surface area contributed by atoms with E-state index in [4.69, 9.17) is 0 Å². The van der Waals surface area contributed by atoms with Crippen molar-refractivity contribution < 1.29 is 4.79 Å². The number of rotatable bonds is 8. The monoisotopic (exact) mass is 317 g/mol. The lowest BCUT2D eigenvalue weighted by Gasteiger charge is -2.12. The van der Waals surface area contributed by atoms with Gasteiger partial charge in [-0.3, -0.25) is 9.79 Å². The summed E-state index contributed by atoms with van der Waals surface area (Å²) in [4.78, 5) is 18.3. The van der Waals surface area contributed by atoms with Gasteiger partial charge in [-0.05, 0) is 31.8 Å². The molecular formula is C17H27N5O. The van der Waals surface area contributed by atoms with E-state index in [1.165, 1.54) is 0 Å². The number of aliphatic imine (C=N–C) groups is 1. The second-order valence-electron chi connectivity index (χ2n) is 5.35.